The topological polar surface area (TPSA) is 60.9 Å². The first-order chi connectivity index (χ1) is 16.8. The van der Waals surface area contributed by atoms with E-state index < -0.39 is 23.5 Å². The van der Waals surface area contributed by atoms with E-state index in [1.165, 1.54) is 17.0 Å². The molecule has 3 aromatic carbocycles. The summed E-state index contributed by atoms with van der Waals surface area (Å²) in [5.41, 5.74) is 4.62. The molecule has 3 aromatic rings. The van der Waals surface area contributed by atoms with Crippen LogP contribution in [0.4, 0.5) is 15.8 Å². The van der Waals surface area contributed by atoms with Crippen molar-refractivity contribution in [2.24, 2.45) is 0 Å². The molecule has 35 heavy (non-hydrogen) atoms. The molecular formula is C29H27FN2O3. The number of aryl methyl sites for hydroxylation is 2. The van der Waals surface area contributed by atoms with Crippen LogP contribution in [-0.2, 0) is 9.59 Å². The van der Waals surface area contributed by atoms with Crippen LogP contribution in [0, 0.1) is 19.7 Å². The Kier molecular flexibility index (Phi) is 5.89. The lowest BCUT2D eigenvalue weighted by molar-refractivity contribution is -0.132. The molecule has 0 bridgehead atoms. The van der Waals surface area contributed by atoms with E-state index in [0.717, 1.165) is 42.7 Å². The Hall–Kier alpha value is -3.93. The van der Waals surface area contributed by atoms with E-state index in [4.69, 9.17) is 0 Å². The van der Waals surface area contributed by atoms with E-state index in [2.05, 4.69) is 4.90 Å². The van der Waals surface area contributed by atoms with Gasteiger partial charge in [0.25, 0.3) is 11.7 Å². The second kappa shape index (κ2) is 9.02. The van der Waals surface area contributed by atoms with Gasteiger partial charge in [-0.2, -0.15) is 0 Å². The van der Waals surface area contributed by atoms with Crippen LogP contribution in [0.15, 0.2) is 72.3 Å². The van der Waals surface area contributed by atoms with Crippen LogP contribution >= 0.6 is 0 Å². The molecule has 5 rings (SSSR count). The van der Waals surface area contributed by atoms with E-state index in [9.17, 15) is 19.1 Å². The van der Waals surface area contributed by atoms with Crippen molar-refractivity contribution in [2.75, 3.05) is 22.9 Å². The van der Waals surface area contributed by atoms with E-state index in [0.29, 0.717) is 16.8 Å². The summed E-state index contributed by atoms with van der Waals surface area (Å²) in [7, 11) is 0. The number of anilines is 2. The molecule has 2 fully saturated rings. The Balaban J connectivity index is 1.63. The molecule has 1 atom stereocenters. The highest BCUT2D eigenvalue weighted by Gasteiger charge is 2.47. The van der Waals surface area contributed by atoms with Crippen molar-refractivity contribution in [3.05, 3.63) is 100 Å². The second-order valence-electron chi connectivity index (χ2n) is 9.23. The summed E-state index contributed by atoms with van der Waals surface area (Å²) in [5, 5.41) is 11.3. The molecule has 2 saturated heterocycles. The predicted octanol–water partition coefficient (Wildman–Crippen LogP) is 5.67. The molecule has 5 nitrogen and oxygen atoms in total. The molecule has 2 aliphatic rings. The highest BCUT2D eigenvalue weighted by atomic mass is 19.1. The second-order valence-corrected chi connectivity index (χ2v) is 9.23. The van der Waals surface area contributed by atoms with Gasteiger partial charge in [-0.05, 0) is 85.8 Å². The first kappa shape index (κ1) is 22.8. The first-order valence-electron chi connectivity index (χ1n) is 11.8. The van der Waals surface area contributed by atoms with Gasteiger partial charge in [0.15, 0.2) is 0 Å². The maximum absolute atomic E-state index is 13.7. The Labute approximate surface area is 204 Å². The van der Waals surface area contributed by atoms with Gasteiger partial charge in [-0.1, -0.05) is 24.3 Å². The molecule has 6 heteroatoms. The summed E-state index contributed by atoms with van der Waals surface area (Å²) >= 11 is 0. The van der Waals surface area contributed by atoms with Crippen LogP contribution < -0.4 is 9.80 Å². The largest absolute Gasteiger partial charge is 0.507 e. The van der Waals surface area contributed by atoms with Crippen molar-refractivity contribution in [1.82, 2.24) is 0 Å². The van der Waals surface area contributed by atoms with Crippen LogP contribution in [-0.4, -0.2) is 29.9 Å². The van der Waals surface area contributed by atoms with E-state index >= 15 is 0 Å². The number of Topliss-reactive ketones (excluding diaryl/α,β-unsaturated/α-hetero) is 1. The minimum absolute atomic E-state index is 0.00604. The minimum atomic E-state index is -0.880. The summed E-state index contributed by atoms with van der Waals surface area (Å²) in [6.07, 6.45) is 2.30. The number of amides is 1. The van der Waals surface area contributed by atoms with Crippen molar-refractivity contribution in [2.45, 2.75) is 32.7 Å². The van der Waals surface area contributed by atoms with Crippen LogP contribution in [0.2, 0.25) is 0 Å². The zero-order valence-corrected chi connectivity index (χ0v) is 19.8. The van der Waals surface area contributed by atoms with Gasteiger partial charge in [-0.25, -0.2) is 4.39 Å². The van der Waals surface area contributed by atoms with Crippen molar-refractivity contribution in [1.29, 1.82) is 0 Å². The molecule has 1 amide bonds. The van der Waals surface area contributed by atoms with Gasteiger partial charge in [0.1, 0.15) is 11.6 Å². The molecule has 0 spiro atoms. The van der Waals surface area contributed by atoms with Gasteiger partial charge in [0.2, 0.25) is 0 Å². The normalized spacial score (nSPS) is 19.6. The Morgan fingerprint density at radius 1 is 0.857 bits per heavy atom. The Morgan fingerprint density at radius 2 is 1.49 bits per heavy atom. The fourth-order valence-corrected chi connectivity index (χ4v) is 4.90. The number of benzene rings is 3. The summed E-state index contributed by atoms with van der Waals surface area (Å²) in [6.45, 7) is 5.87. The van der Waals surface area contributed by atoms with Crippen LogP contribution in [0.3, 0.4) is 0 Å². The van der Waals surface area contributed by atoms with Gasteiger partial charge in [0, 0.05) is 30.0 Å². The standard InChI is InChI=1S/C29H27FN2O3/c1-18-5-6-21(17-19(18)2)27(33)25-26(20-7-9-22(30)10-8-20)32(29(35)28(25)34)24-13-11-23(12-14-24)31-15-3-4-16-31/h5-14,17,26,33H,3-4,15-16H2,1-2H3/b27-25-. The highest BCUT2D eigenvalue weighted by Crippen LogP contribution is 2.42. The molecule has 0 aromatic heterocycles. The van der Waals surface area contributed by atoms with Crippen molar-refractivity contribution >= 4 is 28.8 Å². The SMILES string of the molecule is Cc1ccc(/C(O)=C2/C(=O)C(=O)N(c3ccc(N4CCCC4)cc3)C2c2ccc(F)cc2)cc1C. The number of hydrogen-bond acceptors (Lipinski definition) is 4. The first-order valence-corrected chi connectivity index (χ1v) is 11.8. The number of halogens is 1. The Bertz CT molecular complexity index is 1320. The molecule has 2 aliphatic heterocycles. The summed E-state index contributed by atoms with van der Waals surface area (Å²) in [5.74, 6) is -2.15. The number of aliphatic hydroxyl groups is 1. The molecule has 0 aliphatic carbocycles. The zero-order chi connectivity index (χ0) is 24.7. The lowest BCUT2D eigenvalue weighted by atomic mass is 9.94. The van der Waals surface area contributed by atoms with Crippen LogP contribution in [0.1, 0.15) is 41.1 Å². The predicted molar refractivity (Wildman–Crippen MR) is 135 cm³/mol. The van der Waals surface area contributed by atoms with Gasteiger partial charge in [0.05, 0.1) is 11.6 Å². The number of carbonyl (C=O) groups excluding carboxylic acids is 2. The van der Waals surface area contributed by atoms with E-state index in [1.807, 2.05) is 44.2 Å². The third-order valence-corrected chi connectivity index (χ3v) is 7.01. The number of aliphatic hydroxyl groups excluding tert-OH is 1. The zero-order valence-electron chi connectivity index (χ0n) is 19.8. The smallest absolute Gasteiger partial charge is 0.300 e. The fourth-order valence-electron chi connectivity index (χ4n) is 4.90. The number of carbonyl (C=O) groups is 2. The van der Waals surface area contributed by atoms with Crippen molar-refractivity contribution in [3.8, 4) is 0 Å². The monoisotopic (exact) mass is 470 g/mol. The minimum Gasteiger partial charge on any atom is -0.507 e. The van der Waals surface area contributed by atoms with Gasteiger partial charge in [-0.3, -0.25) is 14.5 Å². The summed E-state index contributed by atoms with van der Waals surface area (Å²) < 4.78 is 13.7. The number of nitrogens with zero attached hydrogens (tertiary/aromatic N) is 2. The maximum atomic E-state index is 13.7. The average Bonchev–Trinajstić information content (AvgIpc) is 3.48. The van der Waals surface area contributed by atoms with Crippen molar-refractivity contribution in [3.63, 3.8) is 0 Å². The third-order valence-electron chi connectivity index (χ3n) is 7.01. The summed E-state index contributed by atoms with van der Waals surface area (Å²) in [4.78, 5) is 30.3. The highest BCUT2D eigenvalue weighted by molar-refractivity contribution is 6.51. The van der Waals surface area contributed by atoms with Crippen molar-refractivity contribution < 1.29 is 19.1 Å². The average molecular weight is 471 g/mol. The number of rotatable bonds is 4. The number of ketones is 1. The molecule has 0 radical (unpaired) electrons. The Morgan fingerprint density at radius 3 is 2.11 bits per heavy atom. The lowest BCUT2D eigenvalue weighted by Gasteiger charge is -2.26. The maximum Gasteiger partial charge on any atom is 0.300 e. The molecule has 1 N–H and O–H groups in total. The van der Waals surface area contributed by atoms with E-state index in [-0.39, 0.29) is 11.3 Å². The van der Waals surface area contributed by atoms with Crippen LogP contribution in [0.5, 0.6) is 0 Å². The molecule has 2 heterocycles. The number of hydrogen-bond donors (Lipinski definition) is 1. The van der Waals surface area contributed by atoms with E-state index in [1.54, 1.807) is 24.3 Å². The molecule has 1 unspecified atom stereocenters. The molecular weight excluding hydrogens is 443 g/mol. The molecule has 178 valence electrons. The fraction of sp³-hybridized carbons (Fsp3) is 0.241. The molecule has 0 saturated carbocycles. The third kappa shape index (κ3) is 4.09. The van der Waals surface area contributed by atoms with Gasteiger partial charge in [-0.15, -0.1) is 0 Å². The van der Waals surface area contributed by atoms with Gasteiger partial charge >= 0.3 is 0 Å². The quantitative estimate of drug-likeness (QED) is 0.303. The summed E-state index contributed by atoms with van der Waals surface area (Å²) in [6, 6.07) is 17.7. The van der Waals surface area contributed by atoms with Crippen LogP contribution in [0.25, 0.3) is 5.76 Å². The lowest BCUT2D eigenvalue weighted by Crippen LogP contribution is -2.29. The van der Waals surface area contributed by atoms with Gasteiger partial charge < -0.3 is 10.0 Å².